The molecule has 0 saturated heterocycles. The predicted octanol–water partition coefficient (Wildman–Crippen LogP) is 5.99. The second kappa shape index (κ2) is 9.50. The van der Waals surface area contributed by atoms with Crippen molar-refractivity contribution in [3.05, 3.63) is 94.0 Å². The number of nitrogens with two attached hydrogens (primary N) is 1. The number of aromatic nitrogens is 3. The molecule has 0 saturated carbocycles. The number of amides is 1. The average Bonchev–Trinajstić information content (AvgIpc) is 2.82. The summed E-state index contributed by atoms with van der Waals surface area (Å²) in [6.45, 7) is 3.58. The van der Waals surface area contributed by atoms with Crippen LogP contribution in [0.15, 0.2) is 60.9 Å². The monoisotopic (exact) mass is 499 g/mol. The zero-order valence-electron chi connectivity index (χ0n) is 18.8. The van der Waals surface area contributed by atoms with Crippen molar-refractivity contribution in [2.24, 2.45) is 0 Å². The lowest BCUT2D eigenvalue weighted by Crippen LogP contribution is -2.34. The van der Waals surface area contributed by atoms with Crippen LogP contribution in [0, 0.1) is 6.92 Å². The summed E-state index contributed by atoms with van der Waals surface area (Å²) >= 11 is 5.96. The molecule has 0 aliphatic heterocycles. The molecule has 1 atom stereocenters. The summed E-state index contributed by atoms with van der Waals surface area (Å²) < 4.78 is 38.9. The lowest BCUT2D eigenvalue weighted by Gasteiger charge is -2.29. The first-order valence-electron chi connectivity index (χ1n) is 10.6. The number of hydrogen-bond acceptors (Lipinski definition) is 5. The number of halogens is 4. The Labute approximate surface area is 204 Å². The third kappa shape index (κ3) is 5.35. The van der Waals surface area contributed by atoms with Gasteiger partial charge >= 0.3 is 6.18 Å². The molecule has 2 N–H and O–H groups in total. The van der Waals surface area contributed by atoms with Crippen LogP contribution in [-0.4, -0.2) is 25.8 Å². The number of anilines is 1. The van der Waals surface area contributed by atoms with Crippen LogP contribution >= 0.6 is 11.6 Å². The smallest absolute Gasteiger partial charge is 0.383 e. The van der Waals surface area contributed by atoms with Crippen molar-refractivity contribution in [1.82, 2.24) is 19.9 Å². The first-order chi connectivity index (χ1) is 16.5. The molecule has 0 aliphatic rings. The van der Waals surface area contributed by atoms with E-state index in [1.807, 2.05) is 13.0 Å². The summed E-state index contributed by atoms with van der Waals surface area (Å²) in [7, 11) is 0. The second-order valence-electron chi connectivity index (χ2n) is 8.14. The van der Waals surface area contributed by atoms with E-state index in [2.05, 4.69) is 15.0 Å². The van der Waals surface area contributed by atoms with Crippen LogP contribution < -0.4 is 5.73 Å². The number of rotatable bonds is 5. The minimum absolute atomic E-state index is 0.0283. The standard InChI is InChI=1S/C25H21ClF3N5O/c1-14-9-17-10-16(3-7-22(17)33-23(14)30)24(35)34(15(2)21-8-5-19(26)12-32-21)13-20-6-4-18(11-31-20)25(27,28)29/h3-12,15H,13H2,1-2H3,(H2,30,33)/t15-/m1/s1. The number of nitrogen functional groups attached to an aromatic ring is 1. The van der Waals surface area contributed by atoms with E-state index in [-0.39, 0.29) is 12.5 Å². The van der Waals surface area contributed by atoms with Gasteiger partial charge in [-0.15, -0.1) is 0 Å². The highest BCUT2D eigenvalue weighted by Gasteiger charge is 2.31. The Hall–Kier alpha value is -3.72. The fraction of sp³-hybridized carbons (Fsp3) is 0.200. The topological polar surface area (TPSA) is 85.0 Å². The van der Waals surface area contributed by atoms with Crippen LogP contribution in [0.5, 0.6) is 0 Å². The van der Waals surface area contributed by atoms with Gasteiger partial charge in [-0.05, 0) is 67.9 Å². The summed E-state index contributed by atoms with van der Waals surface area (Å²) in [4.78, 5) is 27.8. The number of fused-ring (bicyclic) bond motifs is 1. The third-order valence-electron chi connectivity index (χ3n) is 5.68. The van der Waals surface area contributed by atoms with E-state index in [0.29, 0.717) is 33.3 Å². The Bertz CT molecular complexity index is 1380. The van der Waals surface area contributed by atoms with Gasteiger partial charge in [0.15, 0.2) is 0 Å². The SMILES string of the molecule is Cc1cc2cc(C(=O)N(Cc3ccc(C(F)(F)F)cn3)[C@H](C)c3ccc(Cl)cn3)ccc2nc1N. The molecule has 4 rings (SSSR count). The maximum absolute atomic E-state index is 13.7. The van der Waals surface area contributed by atoms with Gasteiger partial charge in [-0.2, -0.15) is 13.2 Å². The molecule has 4 aromatic rings. The molecule has 0 radical (unpaired) electrons. The molecule has 3 heterocycles. The molecule has 0 bridgehead atoms. The summed E-state index contributed by atoms with van der Waals surface area (Å²) in [6, 6.07) is 12.0. The number of benzene rings is 1. The van der Waals surface area contributed by atoms with Gasteiger partial charge in [0.1, 0.15) is 5.82 Å². The lowest BCUT2D eigenvalue weighted by atomic mass is 10.1. The Morgan fingerprint density at radius 3 is 2.49 bits per heavy atom. The maximum atomic E-state index is 13.7. The largest absolute Gasteiger partial charge is 0.417 e. The van der Waals surface area contributed by atoms with Gasteiger partial charge < -0.3 is 10.6 Å². The summed E-state index contributed by atoms with van der Waals surface area (Å²) in [6.07, 6.45) is -2.26. The third-order valence-corrected chi connectivity index (χ3v) is 5.91. The zero-order chi connectivity index (χ0) is 25.3. The molecule has 35 heavy (non-hydrogen) atoms. The van der Waals surface area contributed by atoms with E-state index in [9.17, 15) is 18.0 Å². The molecule has 1 amide bonds. The number of pyridine rings is 3. The molecule has 180 valence electrons. The zero-order valence-corrected chi connectivity index (χ0v) is 19.6. The first kappa shape index (κ1) is 24.4. The van der Waals surface area contributed by atoms with E-state index in [1.165, 1.54) is 17.2 Å². The fourth-order valence-corrected chi connectivity index (χ4v) is 3.75. The van der Waals surface area contributed by atoms with E-state index < -0.39 is 17.8 Å². The molecule has 0 fully saturated rings. The highest BCUT2D eigenvalue weighted by atomic mass is 35.5. The van der Waals surface area contributed by atoms with Crippen LogP contribution in [0.2, 0.25) is 5.02 Å². The van der Waals surface area contributed by atoms with Crippen molar-refractivity contribution in [2.75, 3.05) is 5.73 Å². The number of alkyl halides is 3. The van der Waals surface area contributed by atoms with Crippen molar-refractivity contribution in [2.45, 2.75) is 32.6 Å². The summed E-state index contributed by atoms with van der Waals surface area (Å²) in [5, 5.41) is 1.19. The number of carbonyl (C=O) groups is 1. The molecular formula is C25H21ClF3N5O. The van der Waals surface area contributed by atoms with Gasteiger partial charge in [0.05, 0.1) is 40.1 Å². The Morgan fingerprint density at radius 1 is 1.09 bits per heavy atom. The van der Waals surface area contributed by atoms with Crippen molar-refractivity contribution in [3.8, 4) is 0 Å². The van der Waals surface area contributed by atoms with E-state index in [0.717, 1.165) is 23.2 Å². The number of carbonyl (C=O) groups excluding carboxylic acids is 1. The van der Waals surface area contributed by atoms with E-state index in [1.54, 1.807) is 37.3 Å². The fourth-order valence-electron chi connectivity index (χ4n) is 3.63. The van der Waals surface area contributed by atoms with Gasteiger partial charge in [0, 0.05) is 23.3 Å². The molecule has 1 aromatic carbocycles. The molecule has 3 aromatic heterocycles. The van der Waals surface area contributed by atoms with Crippen LogP contribution in [0.3, 0.4) is 0 Å². The maximum Gasteiger partial charge on any atom is 0.417 e. The summed E-state index contributed by atoms with van der Waals surface area (Å²) in [5.74, 6) is 0.0707. The van der Waals surface area contributed by atoms with Crippen LogP contribution in [0.25, 0.3) is 10.9 Å². The minimum Gasteiger partial charge on any atom is -0.383 e. The van der Waals surface area contributed by atoms with Gasteiger partial charge in [-0.1, -0.05) is 11.6 Å². The van der Waals surface area contributed by atoms with Crippen molar-refractivity contribution < 1.29 is 18.0 Å². The van der Waals surface area contributed by atoms with Crippen molar-refractivity contribution in [1.29, 1.82) is 0 Å². The normalized spacial score (nSPS) is 12.5. The number of nitrogens with zero attached hydrogens (tertiary/aromatic N) is 4. The molecule has 10 heteroatoms. The first-order valence-corrected chi connectivity index (χ1v) is 11.0. The molecular weight excluding hydrogens is 479 g/mol. The van der Waals surface area contributed by atoms with Gasteiger partial charge in [-0.25, -0.2) is 4.98 Å². The van der Waals surface area contributed by atoms with Crippen LogP contribution in [0.1, 0.15) is 45.8 Å². The van der Waals surface area contributed by atoms with Crippen molar-refractivity contribution >= 4 is 34.2 Å². The highest BCUT2D eigenvalue weighted by Crippen LogP contribution is 2.30. The minimum atomic E-state index is -4.50. The molecule has 6 nitrogen and oxygen atoms in total. The predicted molar refractivity (Wildman–Crippen MR) is 128 cm³/mol. The lowest BCUT2D eigenvalue weighted by molar-refractivity contribution is -0.137. The van der Waals surface area contributed by atoms with Crippen LogP contribution in [-0.2, 0) is 12.7 Å². The highest BCUT2D eigenvalue weighted by molar-refractivity contribution is 6.30. The van der Waals surface area contributed by atoms with E-state index >= 15 is 0 Å². The second-order valence-corrected chi connectivity index (χ2v) is 8.58. The van der Waals surface area contributed by atoms with E-state index in [4.69, 9.17) is 17.3 Å². The molecule has 0 aliphatic carbocycles. The average molecular weight is 500 g/mol. The molecule has 0 spiro atoms. The van der Waals surface area contributed by atoms with Gasteiger partial charge in [-0.3, -0.25) is 14.8 Å². The molecule has 0 unspecified atom stereocenters. The summed E-state index contributed by atoms with van der Waals surface area (Å²) in [5.41, 5.74) is 7.72. The Morgan fingerprint density at radius 2 is 1.86 bits per heavy atom. The quantitative estimate of drug-likeness (QED) is 0.364. The van der Waals surface area contributed by atoms with Gasteiger partial charge in [0.2, 0.25) is 0 Å². The van der Waals surface area contributed by atoms with Crippen molar-refractivity contribution in [3.63, 3.8) is 0 Å². The van der Waals surface area contributed by atoms with Crippen LogP contribution in [0.4, 0.5) is 19.0 Å². The Balaban J connectivity index is 1.71. The van der Waals surface area contributed by atoms with Gasteiger partial charge in [0.25, 0.3) is 5.91 Å². The Kier molecular flexibility index (Phi) is 6.62. The number of aryl methyl sites for hydroxylation is 1. The number of hydrogen-bond donors (Lipinski definition) is 1.